The van der Waals surface area contributed by atoms with Gasteiger partial charge in [-0.1, -0.05) is 23.4 Å². The van der Waals surface area contributed by atoms with Crippen LogP contribution < -0.4 is 5.32 Å². The smallest absolute Gasteiger partial charge is 0.253 e. The molecule has 1 amide bonds. The molecule has 0 aliphatic rings. The van der Waals surface area contributed by atoms with E-state index in [1.165, 1.54) is 7.11 Å². The molecule has 0 aliphatic heterocycles. The van der Waals surface area contributed by atoms with Crippen molar-refractivity contribution in [3.63, 3.8) is 0 Å². The van der Waals surface area contributed by atoms with Crippen LogP contribution in [0.4, 0.5) is 5.69 Å². The molecule has 0 saturated carbocycles. The highest BCUT2D eigenvalue weighted by molar-refractivity contribution is 6.33. The molecule has 0 bridgehead atoms. The van der Waals surface area contributed by atoms with Crippen molar-refractivity contribution in [1.82, 2.24) is 0 Å². The van der Waals surface area contributed by atoms with Gasteiger partial charge in [0.2, 0.25) is 0 Å². The molecular formula is C14H16ClNO3. The van der Waals surface area contributed by atoms with Crippen LogP contribution in [0.5, 0.6) is 0 Å². The van der Waals surface area contributed by atoms with E-state index in [1.807, 2.05) is 0 Å². The number of carbonyl (C=O) groups excluding carboxylic acids is 1. The third-order valence-corrected chi connectivity index (χ3v) is 2.75. The fraction of sp³-hybridized carbons (Fsp3) is 0.357. The van der Waals surface area contributed by atoms with Crippen LogP contribution in [0, 0.1) is 11.8 Å². The lowest BCUT2D eigenvalue weighted by Crippen LogP contribution is -2.26. The number of ether oxygens (including phenoxy) is 1. The number of hydrogen-bond acceptors (Lipinski definition) is 3. The van der Waals surface area contributed by atoms with E-state index in [1.54, 1.807) is 25.1 Å². The number of anilines is 1. The first-order chi connectivity index (χ1) is 9.08. The standard InChI is InChI=1S/C14H16ClNO3/c1-10(19-2)14(18)16-13-9-11(5-3-4-8-17)6-7-12(13)15/h6-7,9-10,17H,4,8H2,1-2H3,(H,16,18). The van der Waals surface area contributed by atoms with E-state index in [9.17, 15) is 4.79 Å². The molecule has 0 fully saturated rings. The van der Waals surface area contributed by atoms with Crippen molar-refractivity contribution in [3.8, 4) is 11.8 Å². The number of benzene rings is 1. The van der Waals surface area contributed by atoms with Gasteiger partial charge in [0.25, 0.3) is 5.91 Å². The Labute approximate surface area is 117 Å². The Kier molecular flexibility index (Phi) is 6.37. The number of aliphatic hydroxyl groups excluding tert-OH is 1. The van der Waals surface area contributed by atoms with E-state index in [2.05, 4.69) is 17.2 Å². The van der Waals surface area contributed by atoms with Crippen LogP contribution in [0.1, 0.15) is 18.9 Å². The zero-order valence-corrected chi connectivity index (χ0v) is 11.6. The topological polar surface area (TPSA) is 58.6 Å². The van der Waals surface area contributed by atoms with Gasteiger partial charge in [0.05, 0.1) is 17.3 Å². The maximum absolute atomic E-state index is 11.7. The largest absolute Gasteiger partial charge is 0.395 e. The summed E-state index contributed by atoms with van der Waals surface area (Å²) in [6.07, 6.45) is -0.148. The predicted molar refractivity (Wildman–Crippen MR) is 75.1 cm³/mol. The van der Waals surface area contributed by atoms with E-state index in [0.29, 0.717) is 17.1 Å². The molecule has 0 aliphatic carbocycles. The van der Waals surface area contributed by atoms with Gasteiger partial charge in [0.15, 0.2) is 0 Å². The molecule has 1 atom stereocenters. The van der Waals surface area contributed by atoms with E-state index in [4.69, 9.17) is 21.4 Å². The second kappa shape index (κ2) is 7.80. The van der Waals surface area contributed by atoms with Gasteiger partial charge in [0.1, 0.15) is 6.10 Å². The molecule has 1 unspecified atom stereocenters. The molecule has 0 spiro atoms. The Balaban J connectivity index is 2.86. The van der Waals surface area contributed by atoms with Crippen LogP contribution >= 0.6 is 11.6 Å². The number of nitrogens with one attached hydrogen (secondary N) is 1. The van der Waals surface area contributed by atoms with Crippen molar-refractivity contribution >= 4 is 23.2 Å². The minimum Gasteiger partial charge on any atom is -0.395 e. The first-order valence-corrected chi connectivity index (χ1v) is 6.19. The molecule has 0 aromatic heterocycles. The summed E-state index contributed by atoms with van der Waals surface area (Å²) in [6.45, 7) is 1.67. The first-order valence-electron chi connectivity index (χ1n) is 5.81. The highest BCUT2D eigenvalue weighted by atomic mass is 35.5. The molecule has 102 valence electrons. The van der Waals surface area contributed by atoms with E-state index in [-0.39, 0.29) is 12.5 Å². The first kappa shape index (κ1) is 15.5. The third kappa shape index (κ3) is 4.92. The monoisotopic (exact) mass is 281 g/mol. The van der Waals surface area contributed by atoms with Gasteiger partial charge in [-0.2, -0.15) is 0 Å². The van der Waals surface area contributed by atoms with Crippen LogP contribution in [-0.4, -0.2) is 30.8 Å². The molecule has 19 heavy (non-hydrogen) atoms. The summed E-state index contributed by atoms with van der Waals surface area (Å²) in [5.74, 6) is 5.41. The molecule has 5 heteroatoms. The highest BCUT2D eigenvalue weighted by Gasteiger charge is 2.13. The van der Waals surface area contributed by atoms with Gasteiger partial charge < -0.3 is 15.2 Å². The SMILES string of the molecule is COC(C)C(=O)Nc1cc(C#CCCO)ccc1Cl. The van der Waals surface area contributed by atoms with E-state index >= 15 is 0 Å². The lowest BCUT2D eigenvalue weighted by molar-refractivity contribution is -0.124. The second-order valence-electron chi connectivity index (χ2n) is 3.84. The van der Waals surface area contributed by atoms with Crippen LogP contribution in [0.15, 0.2) is 18.2 Å². The van der Waals surface area contributed by atoms with Gasteiger partial charge >= 0.3 is 0 Å². The summed E-state index contributed by atoms with van der Waals surface area (Å²) < 4.78 is 4.92. The second-order valence-corrected chi connectivity index (χ2v) is 4.24. The molecule has 0 saturated heterocycles. The highest BCUT2D eigenvalue weighted by Crippen LogP contribution is 2.23. The van der Waals surface area contributed by atoms with Crippen LogP contribution in [-0.2, 0) is 9.53 Å². The number of carbonyl (C=O) groups is 1. The quantitative estimate of drug-likeness (QED) is 0.831. The van der Waals surface area contributed by atoms with Gasteiger partial charge in [-0.25, -0.2) is 0 Å². The minimum atomic E-state index is -0.555. The van der Waals surface area contributed by atoms with Gasteiger partial charge in [-0.3, -0.25) is 4.79 Å². The number of rotatable bonds is 4. The fourth-order valence-electron chi connectivity index (χ4n) is 1.26. The Morgan fingerprint density at radius 3 is 2.95 bits per heavy atom. The summed E-state index contributed by atoms with van der Waals surface area (Å²) in [7, 11) is 1.46. The summed E-state index contributed by atoms with van der Waals surface area (Å²) >= 11 is 6.01. The normalized spacial score (nSPS) is 11.4. The Morgan fingerprint density at radius 1 is 1.58 bits per heavy atom. The minimum absolute atomic E-state index is 0.0233. The Bertz CT molecular complexity index is 505. The number of halogens is 1. The maximum atomic E-state index is 11.7. The third-order valence-electron chi connectivity index (χ3n) is 2.42. The van der Waals surface area contributed by atoms with Crippen molar-refractivity contribution in [2.24, 2.45) is 0 Å². The van der Waals surface area contributed by atoms with Crippen molar-refractivity contribution < 1.29 is 14.6 Å². The fourth-order valence-corrected chi connectivity index (χ4v) is 1.43. The van der Waals surface area contributed by atoms with Crippen LogP contribution in [0.2, 0.25) is 5.02 Å². The maximum Gasteiger partial charge on any atom is 0.253 e. The molecule has 2 N–H and O–H groups in total. The molecule has 0 heterocycles. The lowest BCUT2D eigenvalue weighted by Gasteiger charge is -2.11. The molecule has 1 aromatic rings. The molecule has 4 nitrogen and oxygen atoms in total. The van der Waals surface area contributed by atoms with Gasteiger partial charge in [-0.05, 0) is 25.1 Å². The number of amides is 1. The number of hydrogen-bond donors (Lipinski definition) is 2. The lowest BCUT2D eigenvalue weighted by atomic mass is 10.2. The van der Waals surface area contributed by atoms with Crippen molar-refractivity contribution in [1.29, 1.82) is 0 Å². The predicted octanol–water partition coefficient (Wildman–Crippen LogP) is 2.05. The van der Waals surface area contributed by atoms with Crippen LogP contribution in [0.25, 0.3) is 0 Å². The van der Waals surface area contributed by atoms with Crippen molar-refractivity contribution in [2.75, 3.05) is 19.0 Å². The van der Waals surface area contributed by atoms with Gasteiger partial charge in [-0.15, -0.1) is 0 Å². The molecule has 0 radical (unpaired) electrons. The zero-order chi connectivity index (χ0) is 14.3. The van der Waals surface area contributed by atoms with Crippen molar-refractivity contribution in [2.45, 2.75) is 19.4 Å². The summed E-state index contributed by atoms with van der Waals surface area (Å²) in [5, 5.41) is 11.8. The summed E-state index contributed by atoms with van der Waals surface area (Å²) in [5.41, 5.74) is 1.21. The van der Waals surface area contributed by atoms with Crippen LogP contribution in [0.3, 0.4) is 0 Å². The zero-order valence-electron chi connectivity index (χ0n) is 10.9. The average Bonchev–Trinajstić information content (AvgIpc) is 2.41. The number of aliphatic hydroxyl groups is 1. The van der Waals surface area contributed by atoms with E-state index < -0.39 is 6.10 Å². The van der Waals surface area contributed by atoms with Crippen molar-refractivity contribution in [3.05, 3.63) is 28.8 Å². The summed E-state index contributed by atoms with van der Waals surface area (Å²) in [6, 6.07) is 5.10. The average molecular weight is 282 g/mol. The van der Waals surface area contributed by atoms with Gasteiger partial charge in [0, 0.05) is 19.1 Å². The Morgan fingerprint density at radius 2 is 2.32 bits per heavy atom. The summed E-state index contributed by atoms with van der Waals surface area (Å²) in [4.78, 5) is 11.7. The molecule has 1 rings (SSSR count). The van der Waals surface area contributed by atoms with E-state index in [0.717, 1.165) is 5.56 Å². The molecular weight excluding hydrogens is 266 g/mol. The number of methoxy groups -OCH3 is 1. The molecule has 1 aromatic carbocycles. The Hall–Kier alpha value is -1.54.